The van der Waals surface area contributed by atoms with E-state index in [2.05, 4.69) is 20.4 Å². The highest BCUT2D eigenvalue weighted by atomic mass is 32.2. The first-order chi connectivity index (χ1) is 14.2. The maximum Gasteiger partial charge on any atom is 0.318 e. The van der Waals surface area contributed by atoms with Crippen molar-refractivity contribution in [2.45, 2.75) is 12.5 Å². The van der Waals surface area contributed by atoms with E-state index in [9.17, 15) is 9.18 Å². The highest BCUT2D eigenvalue weighted by Crippen LogP contribution is 2.23. The van der Waals surface area contributed by atoms with Crippen molar-refractivity contribution in [3.8, 4) is 0 Å². The third-order valence-electron chi connectivity index (χ3n) is 4.70. The first kappa shape index (κ1) is 19.4. The van der Waals surface area contributed by atoms with Crippen molar-refractivity contribution in [2.24, 2.45) is 0 Å². The van der Waals surface area contributed by atoms with Gasteiger partial charge < -0.3 is 14.6 Å². The molecule has 3 aromatic rings. The summed E-state index contributed by atoms with van der Waals surface area (Å²) in [5.41, 5.74) is 1.41. The van der Waals surface area contributed by atoms with Gasteiger partial charge in [0.2, 0.25) is 5.89 Å². The lowest BCUT2D eigenvalue weighted by Gasteiger charge is -2.24. The van der Waals surface area contributed by atoms with Crippen molar-refractivity contribution in [1.29, 1.82) is 0 Å². The molecule has 150 valence electrons. The van der Waals surface area contributed by atoms with Gasteiger partial charge in [-0.3, -0.25) is 4.79 Å². The Balaban J connectivity index is 1.55. The van der Waals surface area contributed by atoms with Gasteiger partial charge >= 0.3 is 6.01 Å². The molecular formula is C21H21FN4O2S. The lowest BCUT2D eigenvalue weighted by Crippen LogP contribution is -2.32. The molecule has 0 aliphatic carbocycles. The van der Waals surface area contributed by atoms with Gasteiger partial charge in [0.05, 0.1) is 0 Å². The molecular weight excluding hydrogens is 391 g/mol. The predicted molar refractivity (Wildman–Crippen MR) is 111 cm³/mol. The summed E-state index contributed by atoms with van der Waals surface area (Å²) in [4.78, 5) is 14.8. The second kappa shape index (κ2) is 9.09. The molecule has 6 nitrogen and oxygen atoms in total. The quantitative estimate of drug-likeness (QED) is 0.668. The zero-order chi connectivity index (χ0) is 20.1. The fraction of sp³-hybridized carbons (Fsp3) is 0.286. The summed E-state index contributed by atoms with van der Waals surface area (Å²) in [5, 5.41) is 11.4. The molecule has 2 heterocycles. The lowest BCUT2D eigenvalue weighted by atomic mass is 10.1. The van der Waals surface area contributed by atoms with Crippen molar-refractivity contribution < 1.29 is 13.6 Å². The van der Waals surface area contributed by atoms with E-state index in [1.54, 1.807) is 0 Å². The highest BCUT2D eigenvalue weighted by Gasteiger charge is 2.24. The van der Waals surface area contributed by atoms with E-state index in [1.165, 1.54) is 24.3 Å². The van der Waals surface area contributed by atoms with Gasteiger partial charge in [-0.1, -0.05) is 35.4 Å². The van der Waals surface area contributed by atoms with Crippen molar-refractivity contribution in [2.75, 3.05) is 29.5 Å². The fourth-order valence-electron chi connectivity index (χ4n) is 3.14. The summed E-state index contributed by atoms with van der Waals surface area (Å²) in [7, 11) is 0. The molecule has 1 atom stereocenters. The number of hydrogen-bond acceptors (Lipinski definition) is 6. The first-order valence-electron chi connectivity index (χ1n) is 9.45. The number of carbonyl (C=O) groups excluding carboxylic acids is 1. The number of thioether (sulfide) groups is 1. The Morgan fingerprint density at radius 1 is 1.10 bits per heavy atom. The van der Waals surface area contributed by atoms with E-state index >= 15 is 0 Å². The number of benzene rings is 2. The summed E-state index contributed by atoms with van der Waals surface area (Å²) in [6, 6.07) is 15.2. The van der Waals surface area contributed by atoms with Gasteiger partial charge in [-0.15, -0.1) is 5.10 Å². The summed E-state index contributed by atoms with van der Waals surface area (Å²) in [6.07, 6.45) is 0.505. The topological polar surface area (TPSA) is 71.3 Å². The van der Waals surface area contributed by atoms with Crippen LogP contribution in [0.25, 0.3) is 0 Å². The third-order valence-corrected chi connectivity index (χ3v) is 5.65. The monoisotopic (exact) mass is 412 g/mol. The van der Waals surface area contributed by atoms with Gasteiger partial charge in [-0.2, -0.15) is 11.8 Å². The van der Waals surface area contributed by atoms with Crippen LogP contribution >= 0.6 is 11.8 Å². The first-order valence-corrected chi connectivity index (χ1v) is 10.6. The van der Waals surface area contributed by atoms with E-state index in [0.29, 0.717) is 23.9 Å². The van der Waals surface area contributed by atoms with Crippen molar-refractivity contribution >= 4 is 23.7 Å². The Hall–Kier alpha value is -2.87. The predicted octanol–water partition coefficient (Wildman–Crippen LogP) is 3.48. The van der Waals surface area contributed by atoms with Crippen LogP contribution in [0.3, 0.4) is 0 Å². The smallest absolute Gasteiger partial charge is 0.318 e. The van der Waals surface area contributed by atoms with E-state index in [4.69, 9.17) is 4.42 Å². The number of anilines is 1. The fourth-order valence-corrected chi connectivity index (χ4v) is 4.05. The zero-order valence-corrected chi connectivity index (χ0v) is 16.6. The summed E-state index contributed by atoms with van der Waals surface area (Å²) >= 11 is 1.90. The van der Waals surface area contributed by atoms with Crippen LogP contribution in [0.5, 0.6) is 0 Å². The molecule has 29 heavy (non-hydrogen) atoms. The molecule has 1 aromatic heterocycles. The number of halogens is 1. The number of aromatic nitrogens is 2. The molecule has 1 unspecified atom stereocenters. The van der Waals surface area contributed by atoms with E-state index in [-0.39, 0.29) is 11.7 Å². The van der Waals surface area contributed by atoms with Crippen LogP contribution in [0.15, 0.2) is 59.0 Å². The molecule has 1 amide bonds. The molecule has 1 N–H and O–H groups in total. The minimum Gasteiger partial charge on any atom is -0.406 e. The van der Waals surface area contributed by atoms with Crippen LogP contribution in [-0.4, -0.2) is 40.7 Å². The standard InChI is InChI=1S/C21H21FN4O2S/c22-17-8-6-16(7-9-17)19(27)23-18(14-15-4-2-1-3-5-15)20-24-25-21(28-20)26-10-12-29-13-11-26/h1-9,18H,10-14H2,(H,23,27). The van der Waals surface area contributed by atoms with Gasteiger partial charge in [-0.05, 0) is 29.8 Å². The molecule has 4 rings (SSSR count). The average Bonchev–Trinajstić information content (AvgIpc) is 3.25. The molecule has 1 aliphatic heterocycles. The Labute approximate surface area is 172 Å². The van der Waals surface area contributed by atoms with Crippen LogP contribution in [0.2, 0.25) is 0 Å². The van der Waals surface area contributed by atoms with Crippen molar-refractivity contribution in [3.63, 3.8) is 0 Å². The number of carbonyl (C=O) groups is 1. The Bertz CT molecular complexity index is 943. The number of amides is 1. The zero-order valence-electron chi connectivity index (χ0n) is 15.8. The van der Waals surface area contributed by atoms with Crippen molar-refractivity contribution in [1.82, 2.24) is 15.5 Å². The summed E-state index contributed by atoms with van der Waals surface area (Å²) in [5.74, 6) is 1.69. The van der Waals surface area contributed by atoms with Gasteiger partial charge in [0.1, 0.15) is 11.9 Å². The molecule has 1 aliphatic rings. The summed E-state index contributed by atoms with van der Waals surface area (Å²) in [6.45, 7) is 1.72. The van der Waals surface area contributed by atoms with Crippen LogP contribution in [-0.2, 0) is 6.42 Å². The molecule has 2 aromatic carbocycles. The minimum atomic E-state index is -0.490. The molecule has 0 radical (unpaired) electrons. The van der Waals surface area contributed by atoms with Gasteiger partial charge in [0, 0.05) is 36.6 Å². The van der Waals surface area contributed by atoms with E-state index < -0.39 is 6.04 Å². The van der Waals surface area contributed by atoms with Gasteiger partial charge in [0.15, 0.2) is 0 Å². The van der Waals surface area contributed by atoms with Crippen LogP contribution in [0.4, 0.5) is 10.4 Å². The summed E-state index contributed by atoms with van der Waals surface area (Å²) < 4.78 is 19.1. The molecule has 0 bridgehead atoms. The molecule has 1 saturated heterocycles. The lowest BCUT2D eigenvalue weighted by molar-refractivity contribution is 0.0930. The molecule has 0 spiro atoms. The van der Waals surface area contributed by atoms with E-state index in [0.717, 1.165) is 30.2 Å². The molecule has 0 saturated carbocycles. The Kier molecular flexibility index (Phi) is 6.09. The van der Waals surface area contributed by atoms with Gasteiger partial charge in [-0.25, -0.2) is 4.39 Å². The molecule has 1 fully saturated rings. The minimum absolute atomic E-state index is 0.319. The van der Waals surface area contributed by atoms with E-state index in [1.807, 2.05) is 42.1 Å². The SMILES string of the molecule is O=C(NC(Cc1ccccc1)c1nnc(N2CCSCC2)o1)c1ccc(F)cc1. The maximum absolute atomic E-state index is 13.2. The second-order valence-corrected chi connectivity index (χ2v) is 7.97. The third kappa shape index (κ3) is 4.95. The van der Waals surface area contributed by atoms with Crippen LogP contribution in [0, 0.1) is 5.82 Å². The normalized spacial score (nSPS) is 15.1. The highest BCUT2D eigenvalue weighted by molar-refractivity contribution is 7.99. The number of hydrogen-bond donors (Lipinski definition) is 1. The van der Waals surface area contributed by atoms with Crippen molar-refractivity contribution in [3.05, 3.63) is 77.4 Å². The number of nitrogens with zero attached hydrogens (tertiary/aromatic N) is 3. The largest absolute Gasteiger partial charge is 0.406 e. The number of nitrogens with one attached hydrogen (secondary N) is 1. The van der Waals surface area contributed by atoms with Crippen LogP contribution in [0.1, 0.15) is 27.9 Å². The maximum atomic E-state index is 13.2. The Morgan fingerprint density at radius 2 is 1.83 bits per heavy atom. The number of rotatable bonds is 6. The van der Waals surface area contributed by atoms with Gasteiger partial charge in [0.25, 0.3) is 5.91 Å². The second-order valence-electron chi connectivity index (χ2n) is 6.74. The Morgan fingerprint density at radius 3 is 2.55 bits per heavy atom. The molecule has 8 heteroatoms. The van der Waals surface area contributed by atoms with Crippen LogP contribution < -0.4 is 10.2 Å². The average molecular weight is 412 g/mol.